The van der Waals surface area contributed by atoms with E-state index in [0.29, 0.717) is 17.9 Å². The Morgan fingerprint density at radius 3 is 2.77 bits per heavy atom. The van der Waals surface area contributed by atoms with Crippen molar-refractivity contribution in [1.82, 2.24) is 4.90 Å². The molecule has 122 valence electrons. The van der Waals surface area contributed by atoms with E-state index in [0.717, 1.165) is 12.8 Å². The van der Waals surface area contributed by atoms with Crippen molar-refractivity contribution in [1.29, 1.82) is 0 Å². The van der Waals surface area contributed by atoms with Gasteiger partial charge in [-0.15, -0.1) is 12.4 Å². The second-order valence-corrected chi connectivity index (χ2v) is 5.66. The van der Waals surface area contributed by atoms with Gasteiger partial charge >= 0.3 is 0 Å². The quantitative estimate of drug-likeness (QED) is 0.817. The lowest BCUT2D eigenvalue weighted by atomic mass is 10.1. The van der Waals surface area contributed by atoms with Crippen molar-refractivity contribution in [2.75, 3.05) is 17.6 Å². The van der Waals surface area contributed by atoms with E-state index >= 15 is 0 Å². The fourth-order valence-electron chi connectivity index (χ4n) is 2.75. The van der Waals surface area contributed by atoms with E-state index in [9.17, 15) is 9.59 Å². The van der Waals surface area contributed by atoms with Gasteiger partial charge in [0.15, 0.2) is 0 Å². The van der Waals surface area contributed by atoms with Crippen LogP contribution in [-0.4, -0.2) is 29.3 Å². The number of carbonyl (C=O) groups is 2. The van der Waals surface area contributed by atoms with E-state index in [1.165, 1.54) is 0 Å². The predicted octanol–water partition coefficient (Wildman–Crippen LogP) is 2.67. The SMILES string of the molecule is CCCC(C)N1CC(C(=O)Nc2ccccc2N)CC1=O.Cl. The van der Waals surface area contributed by atoms with Crippen molar-refractivity contribution in [2.24, 2.45) is 5.92 Å². The Morgan fingerprint density at radius 1 is 1.45 bits per heavy atom. The molecule has 1 saturated heterocycles. The van der Waals surface area contributed by atoms with Gasteiger partial charge in [-0.1, -0.05) is 25.5 Å². The Balaban J connectivity index is 0.00000242. The molecule has 1 aromatic rings. The highest BCUT2D eigenvalue weighted by Crippen LogP contribution is 2.24. The zero-order chi connectivity index (χ0) is 15.4. The van der Waals surface area contributed by atoms with Crippen molar-refractivity contribution >= 4 is 35.6 Å². The number of rotatable bonds is 5. The fourth-order valence-corrected chi connectivity index (χ4v) is 2.75. The van der Waals surface area contributed by atoms with Gasteiger partial charge in [-0.2, -0.15) is 0 Å². The zero-order valence-corrected chi connectivity index (χ0v) is 13.9. The molecule has 0 spiro atoms. The summed E-state index contributed by atoms with van der Waals surface area (Å²) in [6.45, 7) is 4.63. The van der Waals surface area contributed by atoms with Crippen molar-refractivity contribution in [3.63, 3.8) is 0 Å². The van der Waals surface area contributed by atoms with E-state index < -0.39 is 0 Å². The van der Waals surface area contributed by atoms with Gasteiger partial charge in [0, 0.05) is 19.0 Å². The Labute approximate surface area is 137 Å². The van der Waals surface area contributed by atoms with Gasteiger partial charge in [-0.05, 0) is 25.5 Å². The lowest BCUT2D eigenvalue weighted by Gasteiger charge is -2.24. The largest absolute Gasteiger partial charge is 0.397 e. The van der Waals surface area contributed by atoms with Crippen LogP contribution in [0.3, 0.4) is 0 Å². The number of nitrogens with zero attached hydrogens (tertiary/aromatic N) is 1. The van der Waals surface area contributed by atoms with Gasteiger partial charge in [0.25, 0.3) is 0 Å². The van der Waals surface area contributed by atoms with E-state index in [4.69, 9.17) is 5.73 Å². The van der Waals surface area contributed by atoms with Gasteiger partial charge in [0.1, 0.15) is 0 Å². The predicted molar refractivity (Wildman–Crippen MR) is 90.9 cm³/mol. The van der Waals surface area contributed by atoms with Crippen LogP contribution >= 0.6 is 12.4 Å². The summed E-state index contributed by atoms with van der Waals surface area (Å²) in [5.74, 6) is -0.360. The molecule has 1 aliphatic rings. The molecule has 0 radical (unpaired) electrons. The van der Waals surface area contributed by atoms with E-state index in [1.54, 1.807) is 12.1 Å². The molecule has 22 heavy (non-hydrogen) atoms. The lowest BCUT2D eigenvalue weighted by molar-refractivity contribution is -0.129. The molecule has 2 rings (SSSR count). The number of carbonyl (C=O) groups excluding carboxylic acids is 2. The third kappa shape index (κ3) is 4.13. The van der Waals surface area contributed by atoms with Crippen molar-refractivity contribution < 1.29 is 9.59 Å². The first-order chi connectivity index (χ1) is 10.0. The number of halogens is 1. The normalized spacial score (nSPS) is 18.7. The maximum atomic E-state index is 12.3. The van der Waals surface area contributed by atoms with Crippen molar-refractivity contribution in [2.45, 2.75) is 39.2 Å². The molecule has 2 unspecified atom stereocenters. The number of nitrogens with two attached hydrogens (primary N) is 1. The molecule has 2 atom stereocenters. The number of amides is 2. The van der Waals surface area contributed by atoms with E-state index in [1.807, 2.05) is 24.0 Å². The topological polar surface area (TPSA) is 75.4 Å². The number of nitrogens with one attached hydrogen (secondary N) is 1. The Bertz CT molecular complexity index is 536. The molecule has 1 heterocycles. The molecule has 0 bridgehead atoms. The van der Waals surface area contributed by atoms with Crippen LogP contribution in [0.25, 0.3) is 0 Å². The first kappa shape index (κ1) is 18.3. The Kier molecular flexibility index (Phi) is 6.68. The highest BCUT2D eigenvalue weighted by atomic mass is 35.5. The average Bonchev–Trinajstić information content (AvgIpc) is 2.84. The summed E-state index contributed by atoms with van der Waals surface area (Å²) in [6.07, 6.45) is 2.28. The smallest absolute Gasteiger partial charge is 0.229 e. The maximum Gasteiger partial charge on any atom is 0.229 e. The molecule has 1 aromatic carbocycles. The summed E-state index contributed by atoms with van der Waals surface area (Å²) in [5.41, 5.74) is 6.96. The van der Waals surface area contributed by atoms with Crippen LogP contribution in [0.1, 0.15) is 33.1 Å². The first-order valence-corrected chi connectivity index (χ1v) is 7.47. The minimum absolute atomic E-state index is 0. The maximum absolute atomic E-state index is 12.3. The third-order valence-electron chi connectivity index (χ3n) is 3.99. The summed E-state index contributed by atoms with van der Waals surface area (Å²) in [6, 6.07) is 7.34. The number of hydrogen-bond acceptors (Lipinski definition) is 3. The first-order valence-electron chi connectivity index (χ1n) is 7.47. The molecule has 1 fully saturated rings. The van der Waals surface area contributed by atoms with Crippen LogP contribution in [0.4, 0.5) is 11.4 Å². The van der Waals surface area contributed by atoms with Gasteiger partial charge in [-0.3, -0.25) is 9.59 Å². The molecule has 2 amide bonds. The standard InChI is InChI=1S/C16H23N3O2.ClH/c1-3-6-11(2)19-10-12(9-15(19)20)16(21)18-14-8-5-4-7-13(14)17;/h4-5,7-8,11-12H,3,6,9-10,17H2,1-2H3,(H,18,21);1H. The van der Waals surface area contributed by atoms with Crippen LogP contribution in [0.15, 0.2) is 24.3 Å². The minimum Gasteiger partial charge on any atom is -0.397 e. The molecule has 0 saturated carbocycles. The number of para-hydroxylation sites is 2. The van der Waals surface area contributed by atoms with E-state index in [2.05, 4.69) is 12.2 Å². The molecule has 0 aromatic heterocycles. The number of benzene rings is 1. The zero-order valence-electron chi connectivity index (χ0n) is 13.0. The summed E-state index contributed by atoms with van der Waals surface area (Å²) in [4.78, 5) is 26.2. The summed E-state index contributed by atoms with van der Waals surface area (Å²) >= 11 is 0. The molecule has 5 nitrogen and oxygen atoms in total. The molecular formula is C16H24ClN3O2. The Hall–Kier alpha value is -1.75. The number of anilines is 2. The van der Waals surface area contributed by atoms with Crippen LogP contribution in [-0.2, 0) is 9.59 Å². The third-order valence-corrected chi connectivity index (χ3v) is 3.99. The monoisotopic (exact) mass is 325 g/mol. The summed E-state index contributed by atoms with van der Waals surface area (Å²) < 4.78 is 0. The van der Waals surface area contributed by atoms with Gasteiger partial charge in [-0.25, -0.2) is 0 Å². The Morgan fingerprint density at radius 2 is 2.14 bits per heavy atom. The molecular weight excluding hydrogens is 302 g/mol. The minimum atomic E-state index is -0.295. The molecule has 0 aliphatic carbocycles. The number of nitrogen functional groups attached to an aromatic ring is 1. The average molecular weight is 326 g/mol. The summed E-state index contributed by atoms with van der Waals surface area (Å²) in [5, 5.41) is 2.82. The second kappa shape index (κ2) is 8.03. The highest BCUT2D eigenvalue weighted by Gasteiger charge is 2.36. The van der Waals surface area contributed by atoms with Gasteiger partial charge in [0.2, 0.25) is 11.8 Å². The van der Waals surface area contributed by atoms with Gasteiger partial charge < -0.3 is 16.0 Å². The molecule has 1 aliphatic heterocycles. The van der Waals surface area contributed by atoms with Crippen LogP contribution in [0.2, 0.25) is 0 Å². The molecule has 3 N–H and O–H groups in total. The number of hydrogen-bond donors (Lipinski definition) is 2. The van der Waals surface area contributed by atoms with Crippen LogP contribution < -0.4 is 11.1 Å². The summed E-state index contributed by atoms with van der Waals surface area (Å²) in [7, 11) is 0. The number of likely N-dealkylation sites (tertiary alicyclic amines) is 1. The van der Waals surface area contributed by atoms with Crippen LogP contribution in [0, 0.1) is 5.92 Å². The lowest BCUT2D eigenvalue weighted by Crippen LogP contribution is -2.35. The molecule has 6 heteroatoms. The second-order valence-electron chi connectivity index (χ2n) is 5.66. The van der Waals surface area contributed by atoms with Crippen molar-refractivity contribution in [3.05, 3.63) is 24.3 Å². The van der Waals surface area contributed by atoms with Crippen molar-refractivity contribution in [3.8, 4) is 0 Å². The van der Waals surface area contributed by atoms with Crippen LogP contribution in [0.5, 0.6) is 0 Å². The highest BCUT2D eigenvalue weighted by molar-refractivity contribution is 5.99. The van der Waals surface area contributed by atoms with Gasteiger partial charge in [0.05, 0.1) is 17.3 Å². The fraction of sp³-hybridized carbons (Fsp3) is 0.500. The van der Waals surface area contributed by atoms with E-state index in [-0.39, 0.29) is 42.6 Å².